The van der Waals surface area contributed by atoms with Crippen molar-refractivity contribution in [2.45, 2.75) is 57.3 Å². The van der Waals surface area contributed by atoms with E-state index in [0.29, 0.717) is 12.1 Å². The molecule has 0 radical (unpaired) electrons. The number of halogens is 1. The van der Waals surface area contributed by atoms with Gasteiger partial charge < -0.3 is 15.5 Å². The van der Waals surface area contributed by atoms with E-state index in [1.807, 2.05) is 7.05 Å². The Morgan fingerprint density at radius 2 is 1.93 bits per heavy atom. The average Bonchev–Trinajstić information content (AvgIpc) is 3.33. The van der Waals surface area contributed by atoms with Gasteiger partial charge in [0.25, 0.3) is 0 Å². The van der Waals surface area contributed by atoms with Crippen LogP contribution in [0.15, 0.2) is 35.3 Å². The van der Waals surface area contributed by atoms with Gasteiger partial charge >= 0.3 is 0 Å². The van der Waals surface area contributed by atoms with Crippen LogP contribution in [0.1, 0.15) is 38.2 Å². The summed E-state index contributed by atoms with van der Waals surface area (Å²) in [5.74, 6) is 1.74. The minimum absolute atomic E-state index is 0. The Hall–Kier alpha value is -0.860. The molecule has 4 rings (SSSR count). The third kappa shape index (κ3) is 5.83. The van der Waals surface area contributed by atoms with Crippen LogP contribution in [0.4, 0.5) is 0 Å². The maximum absolute atomic E-state index is 4.48. The number of hydrogen-bond acceptors (Lipinski definition) is 3. The van der Waals surface area contributed by atoms with E-state index in [1.54, 1.807) is 0 Å². The molecule has 6 heteroatoms. The van der Waals surface area contributed by atoms with E-state index in [0.717, 1.165) is 37.6 Å². The fourth-order valence-corrected chi connectivity index (χ4v) is 4.67. The van der Waals surface area contributed by atoms with Crippen LogP contribution < -0.4 is 10.6 Å². The average molecular weight is 497 g/mol. The lowest BCUT2D eigenvalue weighted by Crippen LogP contribution is -2.46. The molecule has 3 unspecified atom stereocenters. The molecule has 3 fully saturated rings. The summed E-state index contributed by atoms with van der Waals surface area (Å²) in [5, 5.41) is 7.26. The van der Waals surface area contributed by atoms with Gasteiger partial charge in [-0.2, -0.15) is 0 Å². The van der Waals surface area contributed by atoms with Crippen LogP contribution in [0.2, 0.25) is 0 Å². The minimum atomic E-state index is 0. The Bertz CT molecular complexity index is 633. The molecule has 2 heterocycles. The smallest absolute Gasteiger partial charge is 0.191 e. The van der Waals surface area contributed by atoms with E-state index in [2.05, 4.69) is 62.7 Å². The fraction of sp³-hybridized carbons (Fsp3) is 0.682. The first-order valence-electron chi connectivity index (χ1n) is 10.7. The van der Waals surface area contributed by atoms with Gasteiger partial charge in [0.1, 0.15) is 0 Å². The normalized spacial score (nSPS) is 28.9. The molecule has 2 aliphatic heterocycles. The predicted octanol–water partition coefficient (Wildman–Crippen LogP) is 2.92. The highest BCUT2D eigenvalue weighted by Gasteiger charge is 2.34. The third-order valence-electron chi connectivity index (χ3n) is 6.44. The van der Waals surface area contributed by atoms with Gasteiger partial charge in [-0.25, -0.2) is 0 Å². The molecule has 3 aliphatic rings. The molecule has 2 N–H and O–H groups in total. The Kier molecular flexibility index (Phi) is 8.00. The molecule has 0 bridgehead atoms. The van der Waals surface area contributed by atoms with Gasteiger partial charge in [-0.3, -0.25) is 9.89 Å². The van der Waals surface area contributed by atoms with Gasteiger partial charge in [0, 0.05) is 51.4 Å². The molecule has 156 valence electrons. The summed E-state index contributed by atoms with van der Waals surface area (Å²) >= 11 is 0. The Morgan fingerprint density at radius 1 is 1.14 bits per heavy atom. The molecule has 0 amide bonds. The molecule has 1 aromatic carbocycles. The molecule has 0 spiro atoms. The van der Waals surface area contributed by atoms with Crippen LogP contribution in [0.25, 0.3) is 0 Å². The van der Waals surface area contributed by atoms with Crippen molar-refractivity contribution in [3.05, 3.63) is 35.9 Å². The van der Waals surface area contributed by atoms with Gasteiger partial charge in [0.15, 0.2) is 5.96 Å². The summed E-state index contributed by atoms with van der Waals surface area (Å²) in [5.41, 5.74) is 1.40. The molecular formula is C22H36IN5. The van der Waals surface area contributed by atoms with Gasteiger partial charge in [0.2, 0.25) is 0 Å². The van der Waals surface area contributed by atoms with Crippen LogP contribution in [-0.2, 0) is 6.54 Å². The van der Waals surface area contributed by atoms with E-state index >= 15 is 0 Å². The number of rotatable bonds is 6. The molecule has 0 aromatic heterocycles. The monoisotopic (exact) mass is 497 g/mol. The molecule has 28 heavy (non-hydrogen) atoms. The van der Waals surface area contributed by atoms with Crippen molar-refractivity contribution < 1.29 is 0 Å². The van der Waals surface area contributed by atoms with Crippen LogP contribution >= 0.6 is 24.0 Å². The van der Waals surface area contributed by atoms with Crippen molar-refractivity contribution >= 4 is 29.9 Å². The zero-order valence-corrected chi connectivity index (χ0v) is 19.6. The zero-order chi connectivity index (χ0) is 18.6. The molecule has 5 nitrogen and oxygen atoms in total. The first-order valence-corrected chi connectivity index (χ1v) is 10.7. The van der Waals surface area contributed by atoms with Crippen molar-refractivity contribution in [1.29, 1.82) is 0 Å². The first kappa shape index (κ1) is 21.8. The van der Waals surface area contributed by atoms with Gasteiger partial charge in [0.05, 0.1) is 0 Å². The van der Waals surface area contributed by atoms with E-state index in [-0.39, 0.29) is 24.0 Å². The van der Waals surface area contributed by atoms with Crippen LogP contribution in [0.3, 0.4) is 0 Å². The molecule has 2 saturated heterocycles. The lowest BCUT2D eigenvalue weighted by atomic mass is 10.1. The molecule has 1 saturated carbocycles. The van der Waals surface area contributed by atoms with E-state index in [1.165, 1.54) is 44.3 Å². The summed E-state index contributed by atoms with van der Waals surface area (Å²) in [6, 6.07) is 12.8. The Labute approximate surface area is 187 Å². The maximum Gasteiger partial charge on any atom is 0.191 e. The zero-order valence-electron chi connectivity index (χ0n) is 17.3. The maximum atomic E-state index is 4.48. The summed E-state index contributed by atoms with van der Waals surface area (Å²) in [6.45, 7) is 8.04. The molecule has 1 aliphatic carbocycles. The quantitative estimate of drug-likeness (QED) is 0.361. The number of likely N-dealkylation sites (tertiary alicyclic amines) is 2. The second-order valence-electron chi connectivity index (χ2n) is 8.67. The first-order chi connectivity index (χ1) is 13.2. The van der Waals surface area contributed by atoms with Crippen molar-refractivity contribution in [2.24, 2.45) is 10.9 Å². The highest BCUT2D eigenvalue weighted by atomic mass is 127. The molecular weight excluding hydrogens is 461 g/mol. The van der Waals surface area contributed by atoms with Gasteiger partial charge in [-0.1, -0.05) is 30.3 Å². The second kappa shape index (κ2) is 10.3. The van der Waals surface area contributed by atoms with Gasteiger partial charge in [-0.15, -0.1) is 24.0 Å². The second-order valence-corrected chi connectivity index (χ2v) is 8.67. The largest absolute Gasteiger partial charge is 0.356 e. The number of benzene rings is 1. The summed E-state index contributed by atoms with van der Waals surface area (Å²) in [4.78, 5) is 9.73. The van der Waals surface area contributed by atoms with Crippen LogP contribution in [-0.4, -0.2) is 67.1 Å². The van der Waals surface area contributed by atoms with E-state index in [9.17, 15) is 0 Å². The SMILES string of the molecule is CN=C(NCC1CCN(C2CC2)C1)NC1CC(C)N(Cc2ccccc2)C1.I. The standard InChI is InChI=1S/C22H35N5.HI/c1-17-12-20(16-27(17)14-18-6-4-3-5-7-18)25-22(23-2)24-13-19-10-11-26(15-19)21-8-9-21;/h3-7,17,19-21H,8-16H2,1-2H3,(H2,23,24,25);1H. The van der Waals surface area contributed by atoms with Crippen molar-refractivity contribution in [2.75, 3.05) is 33.2 Å². The molecule has 1 aromatic rings. The van der Waals surface area contributed by atoms with Crippen molar-refractivity contribution in [3.63, 3.8) is 0 Å². The number of aliphatic imine (C=N–C) groups is 1. The number of hydrogen-bond donors (Lipinski definition) is 2. The number of nitrogens with zero attached hydrogens (tertiary/aromatic N) is 3. The number of nitrogens with one attached hydrogen (secondary N) is 2. The molecule has 3 atom stereocenters. The Balaban J connectivity index is 0.00000225. The number of guanidine groups is 1. The predicted molar refractivity (Wildman–Crippen MR) is 127 cm³/mol. The summed E-state index contributed by atoms with van der Waals surface area (Å²) in [6.07, 6.45) is 5.34. The van der Waals surface area contributed by atoms with Crippen LogP contribution in [0, 0.1) is 5.92 Å². The highest BCUT2D eigenvalue weighted by molar-refractivity contribution is 14.0. The van der Waals surface area contributed by atoms with Crippen molar-refractivity contribution in [1.82, 2.24) is 20.4 Å². The summed E-state index contributed by atoms with van der Waals surface area (Å²) < 4.78 is 0. The van der Waals surface area contributed by atoms with Crippen LogP contribution in [0.5, 0.6) is 0 Å². The lowest BCUT2D eigenvalue weighted by molar-refractivity contribution is 0.258. The highest BCUT2D eigenvalue weighted by Crippen LogP contribution is 2.31. The minimum Gasteiger partial charge on any atom is -0.356 e. The van der Waals surface area contributed by atoms with Gasteiger partial charge in [-0.05, 0) is 50.6 Å². The Morgan fingerprint density at radius 3 is 2.64 bits per heavy atom. The lowest BCUT2D eigenvalue weighted by Gasteiger charge is -2.21. The third-order valence-corrected chi connectivity index (χ3v) is 6.44. The van der Waals surface area contributed by atoms with E-state index in [4.69, 9.17) is 0 Å². The topological polar surface area (TPSA) is 42.9 Å². The summed E-state index contributed by atoms with van der Waals surface area (Å²) in [7, 11) is 1.89. The van der Waals surface area contributed by atoms with Crippen molar-refractivity contribution in [3.8, 4) is 0 Å². The van der Waals surface area contributed by atoms with E-state index < -0.39 is 0 Å². The fourth-order valence-electron chi connectivity index (χ4n) is 4.67.